The molecule has 0 saturated heterocycles. The van der Waals surface area contributed by atoms with Crippen LogP contribution in [0.25, 0.3) is 0 Å². The molecular weight excluding hydrogens is 234 g/mol. The van der Waals surface area contributed by atoms with E-state index in [1.165, 1.54) is 11.1 Å². The second-order valence-corrected chi connectivity index (χ2v) is 4.98. The Balaban J connectivity index is 2.29. The molecule has 19 heavy (non-hydrogen) atoms. The zero-order chi connectivity index (χ0) is 13.7. The second-order valence-electron chi connectivity index (χ2n) is 4.98. The van der Waals surface area contributed by atoms with E-state index in [2.05, 4.69) is 60.3 Å². The van der Waals surface area contributed by atoms with Crippen LogP contribution in [0.4, 0.5) is 0 Å². The smallest absolute Gasteiger partial charge is 0.115 e. The van der Waals surface area contributed by atoms with E-state index in [1.54, 1.807) is 6.33 Å². The number of hydrogen-bond acceptors (Lipinski definition) is 3. The average molecular weight is 255 g/mol. The quantitative estimate of drug-likeness (QED) is 0.890. The highest BCUT2D eigenvalue weighted by atomic mass is 14.9. The fraction of sp³-hybridized carbons (Fsp3) is 0.375. The number of nitrogens with zero attached hydrogens (tertiary/aromatic N) is 2. The molecule has 0 bridgehead atoms. The van der Waals surface area contributed by atoms with E-state index in [0.29, 0.717) is 5.92 Å². The molecule has 0 radical (unpaired) electrons. The number of hydrogen-bond donors (Lipinski definition) is 1. The van der Waals surface area contributed by atoms with Crippen LogP contribution in [-0.4, -0.2) is 16.5 Å². The third-order valence-electron chi connectivity index (χ3n) is 3.26. The summed E-state index contributed by atoms with van der Waals surface area (Å²) in [7, 11) is 0. The summed E-state index contributed by atoms with van der Waals surface area (Å²) in [5.41, 5.74) is 3.71. The second kappa shape index (κ2) is 6.43. The molecule has 1 aromatic heterocycles. The Labute approximate surface area is 115 Å². The van der Waals surface area contributed by atoms with Gasteiger partial charge in [-0.15, -0.1) is 0 Å². The van der Waals surface area contributed by atoms with E-state index in [1.807, 2.05) is 12.4 Å². The molecule has 0 fully saturated rings. The highest BCUT2D eigenvalue weighted by Crippen LogP contribution is 2.23. The van der Waals surface area contributed by atoms with Crippen LogP contribution in [0.15, 0.2) is 43.0 Å². The van der Waals surface area contributed by atoms with Crippen molar-refractivity contribution in [3.63, 3.8) is 0 Å². The third kappa shape index (κ3) is 3.38. The Morgan fingerprint density at radius 2 is 1.53 bits per heavy atom. The summed E-state index contributed by atoms with van der Waals surface area (Å²) >= 11 is 0. The number of nitrogens with one attached hydrogen (secondary N) is 1. The molecule has 0 aliphatic heterocycles. The third-order valence-corrected chi connectivity index (χ3v) is 3.26. The van der Waals surface area contributed by atoms with Gasteiger partial charge in [0.2, 0.25) is 0 Å². The lowest BCUT2D eigenvalue weighted by atomic mass is 9.96. The summed E-state index contributed by atoms with van der Waals surface area (Å²) in [5.74, 6) is 0.562. The van der Waals surface area contributed by atoms with Gasteiger partial charge in [-0.25, -0.2) is 9.97 Å². The molecule has 100 valence electrons. The summed E-state index contributed by atoms with van der Waals surface area (Å²) in [4.78, 5) is 8.22. The first-order valence-corrected chi connectivity index (χ1v) is 6.80. The maximum Gasteiger partial charge on any atom is 0.115 e. The zero-order valence-corrected chi connectivity index (χ0v) is 11.8. The van der Waals surface area contributed by atoms with Gasteiger partial charge < -0.3 is 5.32 Å². The van der Waals surface area contributed by atoms with Gasteiger partial charge in [-0.2, -0.15) is 0 Å². The first-order valence-electron chi connectivity index (χ1n) is 6.80. The standard InChI is InChI=1S/C16H21N3/c1-4-19-16(15-9-17-11-18-10-15)14-7-5-13(6-8-14)12(2)3/h5-12,16,19H,4H2,1-3H3. The number of aromatic nitrogens is 2. The van der Waals surface area contributed by atoms with Gasteiger partial charge in [0.1, 0.15) is 6.33 Å². The van der Waals surface area contributed by atoms with Crippen molar-refractivity contribution in [3.05, 3.63) is 59.7 Å². The average Bonchev–Trinajstić information content (AvgIpc) is 2.46. The van der Waals surface area contributed by atoms with Crippen LogP contribution in [0.5, 0.6) is 0 Å². The molecule has 0 aliphatic rings. The lowest BCUT2D eigenvalue weighted by molar-refractivity contribution is 0.625. The maximum absolute atomic E-state index is 4.11. The summed E-state index contributed by atoms with van der Waals surface area (Å²) in [6.45, 7) is 7.44. The molecule has 0 saturated carbocycles. The molecule has 0 aliphatic carbocycles. The van der Waals surface area contributed by atoms with Crippen molar-refractivity contribution >= 4 is 0 Å². The lowest BCUT2D eigenvalue weighted by Gasteiger charge is -2.19. The van der Waals surface area contributed by atoms with Crippen molar-refractivity contribution in [2.45, 2.75) is 32.7 Å². The Kier molecular flexibility index (Phi) is 4.63. The lowest BCUT2D eigenvalue weighted by Crippen LogP contribution is -2.22. The van der Waals surface area contributed by atoms with Crippen molar-refractivity contribution < 1.29 is 0 Å². The van der Waals surface area contributed by atoms with Crippen LogP contribution < -0.4 is 5.32 Å². The molecule has 0 spiro atoms. The first-order chi connectivity index (χ1) is 9.22. The molecular formula is C16H21N3. The summed E-state index contributed by atoms with van der Waals surface area (Å²) in [5, 5.41) is 3.48. The number of rotatable bonds is 5. The van der Waals surface area contributed by atoms with Gasteiger partial charge in [0, 0.05) is 18.0 Å². The zero-order valence-electron chi connectivity index (χ0n) is 11.8. The van der Waals surface area contributed by atoms with E-state index in [9.17, 15) is 0 Å². The highest BCUT2D eigenvalue weighted by molar-refractivity contribution is 5.32. The van der Waals surface area contributed by atoms with Gasteiger partial charge in [-0.1, -0.05) is 45.0 Å². The molecule has 2 rings (SSSR count). The fourth-order valence-corrected chi connectivity index (χ4v) is 2.17. The van der Waals surface area contributed by atoms with Crippen LogP contribution in [0.3, 0.4) is 0 Å². The molecule has 0 amide bonds. The van der Waals surface area contributed by atoms with Gasteiger partial charge in [-0.05, 0) is 23.6 Å². The minimum Gasteiger partial charge on any atom is -0.306 e. The van der Waals surface area contributed by atoms with Crippen molar-refractivity contribution in [3.8, 4) is 0 Å². The maximum atomic E-state index is 4.11. The van der Waals surface area contributed by atoms with Gasteiger partial charge in [0.05, 0.1) is 6.04 Å². The normalized spacial score (nSPS) is 12.6. The van der Waals surface area contributed by atoms with Crippen molar-refractivity contribution in [1.29, 1.82) is 0 Å². The molecule has 1 N–H and O–H groups in total. The van der Waals surface area contributed by atoms with Crippen LogP contribution in [0.2, 0.25) is 0 Å². The van der Waals surface area contributed by atoms with Crippen molar-refractivity contribution in [2.24, 2.45) is 0 Å². The summed E-state index contributed by atoms with van der Waals surface area (Å²) in [6.07, 6.45) is 5.31. The minimum atomic E-state index is 0.160. The van der Waals surface area contributed by atoms with Crippen LogP contribution in [0.1, 0.15) is 49.4 Å². The Bertz CT molecular complexity index is 491. The molecule has 1 heterocycles. The molecule has 2 aromatic rings. The van der Waals surface area contributed by atoms with E-state index >= 15 is 0 Å². The Morgan fingerprint density at radius 1 is 0.947 bits per heavy atom. The highest BCUT2D eigenvalue weighted by Gasteiger charge is 2.13. The van der Waals surface area contributed by atoms with E-state index < -0.39 is 0 Å². The van der Waals surface area contributed by atoms with E-state index in [4.69, 9.17) is 0 Å². The molecule has 3 nitrogen and oxygen atoms in total. The van der Waals surface area contributed by atoms with Crippen molar-refractivity contribution in [2.75, 3.05) is 6.54 Å². The predicted octanol–water partition coefficient (Wildman–Crippen LogP) is 3.30. The minimum absolute atomic E-state index is 0.160. The first kappa shape index (κ1) is 13.7. The van der Waals surface area contributed by atoms with Crippen LogP contribution >= 0.6 is 0 Å². The topological polar surface area (TPSA) is 37.8 Å². The fourth-order valence-electron chi connectivity index (χ4n) is 2.17. The SMILES string of the molecule is CCNC(c1ccc(C(C)C)cc1)c1cncnc1. The molecule has 3 heteroatoms. The molecule has 1 atom stereocenters. The van der Waals surface area contributed by atoms with Gasteiger partial charge in [-0.3, -0.25) is 0 Å². The Hall–Kier alpha value is -1.74. The van der Waals surface area contributed by atoms with Gasteiger partial charge >= 0.3 is 0 Å². The summed E-state index contributed by atoms with van der Waals surface area (Å²) < 4.78 is 0. The monoisotopic (exact) mass is 255 g/mol. The van der Waals surface area contributed by atoms with Crippen LogP contribution in [-0.2, 0) is 0 Å². The summed E-state index contributed by atoms with van der Waals surface area (Å²) in [6, 6.07) is 8.94. The largest absolute Gasteiger partial charge is 0.306 e. The molecule has 1 unspecified atom stereocenters. The van der Waals surface area contributed by atoms with Crippen LogP contribution in [0, 0.1) is 0 Å². The van der Waals surface area contributed by atoms with E-state index in [0.717, 1.165) is 12.1 Å². The molecule has 1 aromatic carbocycles. The number of benzene rings is 1. The van der Waals surface area contributed by atoms with Gasteiger partial charge in [0.15, 0.2) is 0 Å². The van der Waals surface area contributed by atoms with E-state index in [-0.39, 0.29) is 6.04 Å². The van der Waals surface area contributed by atoms with Gasteiger partial charge in [0.25, 0.3) is 0 Å². The predicted molar refractivity (Wildman–Crippen MR) is 78.1 cm³/mol. The Morgan fingerprint density at radius 3 is 2.05 bits per heavy atom. The van der Waals surface area contributed by atoms with Crippen molar-refractivity contribution in [1.82, 2.24) is 15.3 Å².